The highest BCUT2D eigenvalue weighted by Crippen LogP contribution is 2.23. The highest BCUT2D eigenvalue weighted by molar-refractivity contribution is 6.84. The lowest BCUT2D eigenvalue weighted by molar-refractivity contribution is 0.357. The third-order valence-electron chi connectivity index (χ3n) is 4.05. The monoisotopic (exact) mass is 225 g/mol. The Bertz CT molecular complexity index is 191. The summed E-state index contributed by atoms with van der Waals surface area (Å²) in [6.07, 6.45) is 5.15. The predicted molar refractivity (Wildman–Crippen MR) is 72.0 cm³/mol. The molecule has 1 aliphatic rings. The molecule has 0 saturated carbocycles. The van der Waals surface area contributed by atoms with Gasteiger partial charge in [-0.05, 0) is 45.4 Å². The van der Waals surface area contributed by atoms with Crippen molar-refractivity contribution in [2.75, 3.05) is 19.6 Å². The molecule has 0 aromatic carbocycles. The van der Waals surface area contributed by atoms with Crippen LogP contribution in [-0.4, -0.2) is 32.6 Å². The maximum atomic E-state index is 2.66. The quantitative estimate of drug-likeness (QED) is 0.623. The SMILES string of the molecule is C/C=C\[Si](CC)(CC)CCN1CCCC1. The molecule has 0 bridgehead atoms. The molecular weight excluding hydrogens is 198 g/mol. The zero-order valence-corrected chi connectivity index (χ0v) is 11.8. The molecule has 0 atom stereocenters. The van der Waals surface area contributed by atoms with Gasteiger partial charge in [0.15, 0.2) is 0 Å². The van der Waals surface area contributed by atoms with E-state index >= 15 is 0 Å². The van der Waals surface area contributed by atoms with Crippen molar-refractivity contribution in [3.05, 3.63) is 11.8 Å². The van der Waals surface area contributed by atoms with Gasteiger partial charge < -0.3 is 4.90 Å². The molecule has 1 nitrogen and oxygen atoms in total. The lowest BCUT2D eigenvalue weighted by atomic mass is 10.4. The maximum absolute atomic E-state index is 2.66. The molecule has 1 aliphatic heterocycles. The van der Waals surface area contributed by atoms with Crippen molar-refractivity contribution in [1.82, 2.24) is 4.90 Å². The topological polar surface area (TPSA) is 3.24 Å². The van der Waals surface area contributed by atoms with E-state index in [1.807, 2.05) is 0 Å². The van der Waals surface area contributed by atoms with Gasteiger partial charge in [-0.1, -0.05) is 37.7 Å². The molecule has 0 unspecified atom stereocenters. The zero-order valence-electron chi connectivity index (χ0n) is 10.8. The lowest BCUT2D eigenvalue weighted by Crippen LogP contribution is -2.35. The van der Waals surface area contributed by atoms with Crippen molar-refractivity contribution >= 4 is 8.07 Å². The first-order valence-electron chi connectivity index (χ1n) is 6.62. The average molecular weight is 225 g/mol. The number of likely N-dealkylation sites (tertiary alicyclic amines) is 1. The molecule has 1 fully saturated rings. The standard InChI is InChI=1S/C13H27NSi/c1-4-12-15(5-2,6-3)13-11-14-9-7-8-10-14/h4,12H,5-11,13H2,1-3H3/b12-4-. The van der Waals surface area contributed by atoms with Gasteiger partial charge in [-0.2, -0.15) is 0 Å². The van der Waals surface area contributed by atoms with Crippen molar-refractivity contribution in [1.29, 1.82) is 0 Å². The van der Waals surface area contributed by atoms with Crippen LogP contribution in [0.1, 0.15) is 33.6 Å². The molecule has 15 heavy (non-hydrogen) atoms. The maximum Gasteiger partial charge on any atom is 0.0781 e. The summed E-state index contributed by atoms with van der Waals surface area (Å²) < 4.78 is 0. The number of allylic oxidation sites excluding steroid dienone is 1. The van der Waals surface area contributed by atoms with E-state index in [9.17, 15) is 0 Å². The van der Waals surface area contributed by atoms with E-state index in [4.69, 9.17) is 0 Å². The van der Waals surface area contributed by atoms with Crippen LogP contribution in [0.15, 0.2) is 11.8 Å². The van der Waals surface area contributed by atoms with Gasteiger partial charge in [0.2, 0.25) is 0 Å². The fourth-order valence-electron chi connectivity index (χ4n) is 2.66. The molecule has 1 saturated heterocycles. The number of rotatable bonds is 6. The molecule has 0 N–H and O–H groups in total. The van der Waals surface area contributed by atoms with Gasteiger partial charge in [0.1, 0.15) is 0 Å². The molecule has 0 aromatic rings. The highest BCUT2D eigenvalue weighted by Gasteiger charge is 2.26. The number of hydrogen-bond donors (Lipinski definition) is 0. The fraction of sp³-hybridized carbons (Fsp3) is 0.846. The minimum absolute atomic E-state index is 1.03. The summed E-state index contributed by atoms with van der Waals surface area (Å²) in [6.45, 7) is 11.0. The van der Waals surface area contributed by atoms with E-state index in [1.54, 1.807) is 0 Å². The summed E-state index contributed by atoms with van der Waals surface area (Å²) in [7, 11) is -1.03. The van der Waals surface area contributed by atoms with Crippen molar-refractivity contribution < 1.29 is 0 Å². The predicted octanol–water partition coefficient (Wildman–Crippen LogP) is 3.69. The Hall–Kier alpha value is -0.0831. The molecule has 0 aliphatic carbocycles. The normalized spacial score (nSPS) is 19.1. The van der Waals surface area contributed by atoms with E-state index < -0.39 is 8.07 Å². The summed E-state index contributed by atoms with van der Waals surface area (Å²) in [4.78, 5) is 2.66. The molecule has 2 heteroatoms. The van der Waals surface area contributed by atoms with E-state index in [-0.39, 0.29) is 0 Å². The van der Waals surface area contributed by atoms with Crippen molar-refractivity contribution in [3.8, 4) is 0 Å². The van der Waals surface area contributed by atoms with Gasteiger partial charge in [0, 0.05) is 0 Å². The fourth-order valence-corrected chi connectivity index (χ4v) is 5.98. The molecule has 0 spiro atoms. The average Bonchev–Trinajstić information content (AvgIpc) is 2.77. The van der Waals surface area contributed by atoms with Crippen LogP contribution in [0.4, 0.5) is 0 Å². The first-order valence-corrected chi connectivity index (χ1v) is 9.32. The van der Waals surface area contributed by atoms with E-state index in [2.05, 4.69) is 37.4 Å². The lowest BCUT2D eigenvalue weighted by Gasteiger charge is -2.28. The Labute approximate surface area is 96.6 Å². The molecule has 1 heterocycles. The first kappa shape index (κ1) is 13.0. The Morgan fingerprint density at radius 3 is 2.20 bits per heavy atom. The van der Waals surface area contributed by atoms with Crippen LogP contribution >= 0.6 is 0 Å². The summed E-state index contributed by atoms with van der Waals surface area (Å²) >= 11 is 0. The zero-order chi connectivity index (χ0) is 11.1. The smallest absolute Gasteiger partial charge is 0.0781 e. The Kier molecular flexibility index (Phi) is 5.62. The van der Waals surface area contributed by atoms with Crippen LogP contribution in [0, 0.1) is 0 Å². The van der Waals surface area contributed by atoms with Crippen LogP contribution in [0.25, 0.3) is 0 Å². The first-order chi connectivity index (χ1) is 7.26. The summed E-state index contributed by atoms with van der Waals surface area (Å²) in [5.74, 6) is 0. The molecule has 0 aromatic heterocycles. The minimum Gasteiger partial charge on any atom is -0.304 e. The van der Waals surface area contributed by atoms with Crippen molar-refractivity contribution in [3.63, 3.8) is 0 Å². The van der Waals surface area contributed by atoms with Gasteiger partial charge in [0.05, 0.1) is 8.07 Å². The van der Waals surface area contributed by atoms with Crippen molar-refractivity contribution in [2.45, 2.75) is 51.7 Å². The second-order valence-corrected chi connectivity index (χ2v) is 9.84. The molecule has 0 radical (unpaired) electrons. The minimum atomic E-state index is -1.03. The third-order valence-corrected chi connectivity index (χ3v) is 9.13. The molecule has 1 rings (SSSR count). The number of hydrogen-bond acceptors (Lipinski definition) is 1. The van der Waals surface area contributed by atoms with Crippen LogP contribution in [0.2, 0.25) is 18.1 Å². The van der Waals surface area contributed by atoms with E-state index in [0.29, 0.717) is 0 Å². The Morgan fingerprint density at radius 1 is 1.13 bits per heavy atom. The second-order valence-electron chi connectivity index (χ2n) is 4.87. The van der Waals surface area contributed by atoms with E-state index in [0.717, 1.165) is 0 Å². The van der Waals surface area contributed by atoms with Gasteiger partial charge in [-0.3, -0.25) is 0 Å². The van der Waals surface area contributed by atoms with E-state index in [1.165, 1.54) is 50.6 Å². The summed E-state index contributed by atoms with van der Waals surface area (Å²) in [5, 5.41) is 0. The summed E-state index contributed by atoms with van der Waals surface area (Å²) in [5.41, 5.74) is 2.57. The van der Waals surface area contributed by atoms with Crippen molar-refractivity contribution in [2.24, 2.45) is 0 Å². The van der Waals surface area contributed by atoms with Gasteiger partial charge in [0.25, 0.3) is 0 Å². The highest BCUT2D eigenvalue weighted by atomic mass is 28.3. The molecular formula is C13H27NSi. The molecule has 0 amide bonds. The Balaban J connectivity index is 2.42. The molecule has 88 valence electrons. The second kappa shape index (κ2) is 6.49. The third kappa shape index (κ3) is 3.76. The van der Waals surface area contributed by atoms with Crippen LogP contribution in [-0.2, 0) is 0 Å². The van der Waals surface area contributed by atoms with Gasteiger partial charge >= 0.3 is 0 Å². The Morgan fingerprint density at radius 2 is 1.73 bits per heavy atom. The largest absolute Gasteiger partial charge is 0.304 e. The number of nitrogens with zero attached hydrogens (tertiary/aromatic N) is 1. The van der Waals surface area contributed by atoms with Crippen LogP contribution < -0.4 is 0 Å². The van der Waals surface area contributed by atoms with Crippen LogP contribution in [0.5, 0.6) is 0 Å². The summed E-state index contributed by atoms with van der Waals surface area (Å²) in [6, 6.07) is 4.31. The van der Waals surface area contributed by atoms with Crippen LogP contribution in [0.3, 0.4) is 0 Å². The van der Waals surface area contributed by atoms with Gasteiger partial charge in [-0.25, -0.2) is 0 Å². The van der Waals surface area contributed by atoms with Gasteiger partial charge in [-0.15, -0.1) is 0 Å².